The number of benzene rings is 2. The summed E-state index contributed by atoms with van der Waals surface area (Å²) in [6.45, 7) is 0. The number of phosphoric acid groups is 1. The lowest BCUT2D eigenvalue weighted by atomic mass is 10.0. The molecule has 0 aliphatic heterocycles. The molecule has 8 heteroatoms. The molecule has 25 heavy (non-hydrogen) atoms. The Labute approximate surface area is 144 Å². The number of nitriles is 1. The fraction of sp³-hybridized carbons (Fsp3) is 0.118. The number of rotatable bonds is 6. The number of allylic oxidation sites excluding steroid dienone is 1. The summed E-state index contributed by atoms with van der Waals surface area (Å²) in [5.41, 5.74) is 1.71. The second kappa shape index (κ2) is 7.86. The molecule has 7 nitrogen and oxygen atoms in total. The van der Waals surface area contributed by atoms with Crippen molar-refractivity contribution in [2.24, 2.45) is 0 Å². The van der Waals surface area contributed by atoms with Crippen LogP contribution in [0.2, 0.25) is 0 Å². The normalized spacial score (nSPS) is 11.6. The van der Waals surface area contributed by atoms with Crippen LogP contribution in [-0.4, -0.2) is 24.0 Å². The van der Waals surface area contributed by atoms with Crippen molar-refractivity contribution in [2.45, 2.75) is 0 Å². The van der Waals surface area contributed by atoms with Gasteiger partial charge in [0.15, 0.2) is 11.5 Å². The molecule has 130 valence electrons. The average molecular weight is 361 g/mol. The lowest BCUT2D eigenvalue weighted by Gasteiger charge is -2.09. The third-order valence-corrected chi connectivity index (χ3v) is 3.68. The Morgan fingerprint density at radius 3 is 2.24 bits per heavy atom. The molecule has 0 atom stereocenters. The van der Waals surface area contributed by atoms with E-state index in [1.165, 1.54) is 26.4 Å². The summed E-state index contributed by atoms with van der Waals surface area (Å²) in [4.78, 5) is 17.6. The average Bonchev–Trinajstić information content (AvgIpc) is 2.59. The summed E-state index contributed by atoms with van der Waals surface area (Å²) in [6, 6.07) is 13.2. The minimum atomic E-state index is -4.59. The van der Waals surface area contributed by atoms with E-state index < -0.39 is 7.82 Å². The summed E-state index contributed by atoms with van der Waals surface area (Å²) in [7, 11) is -1.56. The van der Waals surface area contributed by atoms with E-state index >= 15 is 0 Å². The number of hydrogen-bond donors (Lipinski definition) is 2. The van der Waals surface area contributed by atoms with Gasteiger partial charge in [-0.15, -0.1) is 0 Å². The van der Waals surface area contributed by atoms with Gasteiger partial charge in [0.2, 0.25) is 0 Å². The number of hydrogen-bond acceptors (Lipinski definition) is 5. The molecule has 0 spiro atoms. The van der Waals surface area contributed by atoms with E-state index in [2.05, 4.69) is 10.6 Å². The standard InChI is InChI=1S/C17H16NO6P/c1-22-16-8-5-13(10-17(16)23-2)14(11-18)9-12-3-6-15(7-4-12)24-25(19,20)21/h3-10H,1-2H3,(H2,19,20,21). The Morgan fingerprint density at radius 2 is 1.72 bits per heavy atom. The van der Waals surface area contributed by atoms with Crippen LogP contribution in [0.15, 0.2) is 42.5 Å². The van der Waals surface area contributed by atoms with Crippen molar-refractivity contribution in [3.8, 4) is 23.3 Å². The molecule has 2 aromatic carbocycles. The van der Waals surface area contributed by atoms with Gasteiger partial charge in [-0.2, -0.15) is 5.26 Å². The molecule has 0 saturated heterocycles. The first-order valence-electron chi connectivity index (χ1n) is 7.05. The summed E-state index contributed by atoms with van der Waals surface area (Å²) < 4.78 is 25.7. The Kier molecular flexibility index (Phi) is 5.84. The highest BCUT2D eigenvalue weighted by Gasteiger charge is 2.15. The van der Waals surface area contributed by atoms with Gasteiger partial charge in [-0.3, -0.25) is 9.79 Å². The second-order valence-corrected chi connectivity index (χ2v) is 6.05. The highest BCUT2D eigenvalue weighted by Crippen LogP contribution is 2.37. The number of methoxy groups -OCH3 is 2. The van der Waals surface area contributed by atoms with E-state index in [0.717, 1.165) is 0 Å². The van der Waals surface area contributed by atoms with Gasteiger partial charge >= 0.3 is 7.82 Å². The molecule has 2 N–H and O–H groups in total. The minimum Gasteiger partial charge on any atom is -0.493 e. The largest absolute Gasteiger partial charge is 0.524 e. The molecule has 0 saturated carbocycles. The van der Waals surface area contributed by atoms with Crippen LogP contribution in [0.5, 0.6) is 17.2 Å². The molecule has 2 rings (SSSR count). The van der Waals surface area contributed by atoms with Crippen LogP contribution in [-0.2, 0) is 4.57 Å². The lowest BCUT2D eigenvalue weighted by molar-refractivity contribution is 0.283. The zero-order valence-corrected chi connectivity index (χ0v) is 14.4. The number of ether oxygens (including phenoxy) is 2. The van der Waals surface area contributed by atoms with E-state index in [1.54, 1.807) is 36.4 Å². The first kappa shape index (κ1) is 18.6. The fourth-order valence-corrected chi connectivity index (χ4v) is 2.51. The smallest absolute Gasteiger partial charge is 0.493 e. The molecule has 0 bridgehead atoms. The highest BCUT2D eigenvalue weighted by atomic mass is 31.2. The van der Waals surface area contributed by atoms with Crippen LogP contribution in [0.4, 0.5) is 0 Å². The third kappa shape index (κ3) is 5.10. The fourth-order valence-electron chi connectivity index (χ4n) is 2.11. The Bertz CT molecular complexity index is 864. The number of nitrogens with zero attached hydrogens (tertiary/aromatic N) is 1. The molecular formula is C17H16NO6P. The van der Waals surface area contributed by atoms with Crippen molar-refractivity contribution in [1.82, 2.24) is 0 Å². The summed E-state index contributed by atoms with van der Waals surface area (Å²) in [5.74, 6) is 1.10. The van der Waals surface area contributed by atoms with Crippen LogP contribution in [0, 0.1) is 11.3 Å². The van der Waals surface area contributed by atoms with Crippen molar-refractivity contribution in [1.29, 1.82) is 5.26 Å². The van der Waals surface area contributed by atoms with Gasteiger partial charge in [0.05, 0.1) is 25.9 Å². The molecular weight excluding hydrogens is 345 g/mol. The van der Waals surface area contributed by atoms with Crippen LogP contribution < -0.4 is 14.0 Å². The Hall–Kier alpha value is -2.78. The molecule has 0 radical (unpaired) electrons. The quantitative estimate of drug-likeness (QED) is 0.462. The van der Waals surface area contributed by atoms with Gasteiger partial charge in [-0.25, -0.2) is 4.57 Å². The van der Waals surface area contributed by atoms with Crippen LogP contribution in [0.1, 0.15) is 11.1 Å². The molecule has 0 aromatic heterocycles. The topological polar surface area (TPSA) is 109 Å². The van der Waals surface area contributed by atoms with Gasteiger partial charge in [0, 0.05) is 0 Å². The zero-order valence-electron chi connectivity index (χ0n) is 13.5. The molecule has 0 amide bonds. The maximum atomic E-state index is 10.8. The van der Waals surface area contributed by atoms with Gasteiger partial charge < -0.3 is 14.0 Å². The van der Waals surface area contributed by atoms with E-state index in [9.17, 15) is 9.83 Å². The highest BCUT2D eigenvalue weighted by molar-refractivity contribution is 7.46. The van der Waals surface area contributed by atoms with Crippen molar-refractivity contribution in [3.05, 3.63) is 53.6 Å². The molecule has 0 unspecified atom stereocenters. The predicted octanol–water partition coefficient (Wildman–Crippen LogP) is 3.24. The lowest BCUT2D eigenvalue weighted by Crippen LogP contribution is -1.92. The number of phosphoric ester groups is 1. The maximum absolute atomic E-state index is 10.8. The molecule has 0 heterocycles. The van der Waals surface area contributed by atoms with E-state index in [4.69, 9.17) is 19.3 Å². The summed E-state index contributed by atoms with van der Waals surface area (Å²) in [5, 5.41) is 9.42. The van der Waals surface area contributed by atoms with Crippen molar-refractivity contribution < 1.29 is 28.3 Å². The monoisotopic (exact) mass is 361 g/mol. The predicted molar refractivity (Wildman–Crippen MR) is 92.1 cm³/mol. The van der Waals surface area contributed by atoms with E-state index in [1.807, 2.05) is 0 Å². The molecule has 0 fully saturated rings. The molecule has 2 aromatic rings. The first-order valence-corrected chi connectivity index (χ1v) is 8.58. The zero-order chi connectivity index (χ0) is 18.4. The van der Waals surface area contributed by atoms with Gasteiger partial charge in [0.25, 0.3) is 0 Å². The Balaban J connectivity index is 2.31. The van der Waals surface area contributed by atoms with Gasteiger partial charge in [0.1, 0.15) is 5.75 Å². The molecule has 0 aliphatic carbocycles. The molecule has 0 aliphatic rings. The first-order chi connectivity index (χ1) is 11.9. The van der Waals surface area contributed by atoms with Crippen LogP contribution in [0.3, 0.4) is 0 Å². The Morgan fingerprint density at radius 1 is 1.08 bits per heavy atom. The van der Waals surface area contributed by atoms with Gasteiger partial charge in [-0.1, -0.05) is 12.1 Å². The van der Waals surface area contributed by atoms with Crippen LogP contribution >= 0.6 is 7.82 Å². The van der Waals surface area contributed by atoms with Crippen molar-refractivity contribution in [2.75, 3.05) is 14.2 Å². The third-order valence-electron chi connectivity index (χ3n) is 3.23. The van der Waals surface area contributed by atoms with E-state index in [-0.39, 0.29) is 5.75 Å². The second-order valence-electron chi connectivity index (χ2n) is 4.89. The van der Waals surface area contributed by atoms with Crippen molar-refractivity contribution in [3.63, 3.8) is 0 Å². The minimum absolute atomic E-state index is 0.0371. The maximum Gasteiger partial charge on any atom is 0.524 e. The SMILES string of the molecule is COc1ccc(C(C#N)=Cc2ccc(OP(=O)(O)O)cc2)cc1OC. The summed E-state index contributed by atoms with van der Waals surface area (Å²) in [6.07, 6.45) is 1.64. The van der Waals surface area contributed by atoms with Gasteiger partial charge in [-0.05, 0) is 47.5 Å². The van der Waals surface area contributed by atoms with Crippen molar-refractivity contribution >= 4 is 19.5 Å². The van der Waals surface area contributed by atoms with Crippen LogP contribution in [0.25, 0.3) is 11.6 Å². The van der Waals surface area contributed by atoms with E-state index in [0.29, 0.717) is 28.2 Å². The summed E-state index contributed by atoms with van der Waals surface area (Å²) >= 11 is 0.